The van der Waals surface area contributed by atoms with Crippen molar-refractivity contribution in [2.45, 2.75) is 6.23 Å². The minimum absolute atomic E-state index is 0.0272. The minimum Gasteiger partial charge on any atom is -0.367 e. The lowest BCUT2D eigenvalue weighted by Gasteiger charge is -2.18. The Bertz CT molecular complexity index is 780. The molecule has 19 heavy (non-hydrogen) atoms. The average Bonchev–Trinajstić information content (AvgIpc) is 2.64. The van der Waals surface area contributed by atoms with Crippen molar-refractivity contribution < 1.29 is 9.90 Å². The van der Waals surface area contributed by atoms with Gasteiger partial charge >= 0.3 is 5.69 Å². The van der Waals surface area contributed by atoms with E-state index in [0.29, 0.717) is 0 Å². The maximum absolute atomic E-state index is 12.1. The van der Waals surface area contributed by atoms with Crippen LogP contribution in [0.5, 0.6) is 0 Å². The topological polar surface area (TPSA) is 132 Å². The van der Waals surface area contributed by atoms with Crippen molar-refractivity contribution in [2.75, 3.05) is 4.90 Å². The Labute approximate surface area is 104 Å². The van der Waals surface area contributed by atoms with Crippen molar-refractivity contribution in [3.8, 4) is 0 Å². The van der Waals surface area contributed by atoms with E-state index in [-0.39, 0.29) is 17.1 Å². The molecule has 3 heterocycles. The Kier molecular flexibility index (Phi) is 2.29. The summed E-state index contributed by atoms with van der Waals surface area (Å²) in [6, 6.07) is 0. The number of aliphatic hydroxyl groups is 1. The highest BCUT2D eigenvalue weighted by Gasteiger charge is 2.40. The smallest absolute Gasteiger partial charge is 0.325 e. The normalized spacial score (nSPS) is 17.6. The SMILES string of the molecule is O=C1c2nccnc2C(O)N1c1c[nH]c(=O)[nH]c1=O. The van der Waals surface area contributed by atoms with Crippen molar-refractivity contribution in [1.82, 2.24) is 19.9 Å². The molecule has 0 radical (unpaired) electrons. The number of H-pyrrole nitrogens is 2. The lowest BCUT2D eigenvalue weighted by Crippen LogP contribution is -2.35. The number of aromatic amines is 2. The van der Waals surface area contributed by atoms with Crippen molar-refractivity contribution in [3.63, 3.8) is 0 Å². The van der Waals surface area contributed by atoms with Crippen LogP contribution in [0.3, 0.4) is 0 Å². The summed E-state index contributed by atoms with van der Waals surface area (Å²) in [5, 5.41) is 10.0. The minimum atomic E-state index is -1.41. The van der Waals surface area contributed by atoms with Gasteiger partial charge in [-0.3, -0.25) is 24.5 Å². The van der Waals surface area contributed by atoms with E-state index in [1.807, 2.05) is 4.98 Å². The van der Waals surface area contributed by atoms with Gasteiger partial charge in [0.1, 0.15) is 11.4 Å². The number of nitrogens with one attached hydrogen (secondary N) is 2. The molecule has 0 saturated carbocycles. The van der Waals surface area contributed by atoms with Gasteiger partial charge < -0.3 is 10.1 Å². The number of aliphatic hydroxyl groups excluding tert-OH is 1. The van der Waals surface area contributed by atoms with Crippen LogP contribution in [-0.4, -0.2) is 30.9 Å². The van der Waals surface area contributed by atoms with Crippen molar-refractivity contribution in [3.05, 3.63) is 50.8 Å². The number of fused-ring (bicyclic) bond motifs is 1. The molecule has 3 rings (SSSR count). The van der Waals surface area contributed by atoms with Gasteiger partial charge in [0.05, 0.1) is 0 Å². The van der Waals surface area contributed by atoms with Crippen molar-refractivity contribution in [2.24, 2.45) is 0 Å². The molecule has 96 valence electrons. The van der Waals surface area contributed by atoms with Gasteiger partial charge in [0.25, 0.3) is 11.5 Å². The first-order chi connectivity index (χ1) is 9.09. The van der Waals surface area contributed by atoms with Crippen LogP contribution in [0.25, 0.3) is 0 Å². The van der Waals surface area contributed by atoms with E-state index in [0.717, 1.165) is 11.1 Å². The zero-order chi connectivity index (χ0) is 13.6. The Morgan fingerprint density at radius 2 is 1.95 bits per heavy atom. The fourth-order valence-electron chi connectivity index (χ4n) is 1.87. The second kappa shape index (κ2) is 3.85. The number of amides is 1. The second-order valence-electron chi connectivity index (χ2n) is 3.80. The quantitative estimate of drug-likeness (QED) is 0.572. The number of hydrogen-bond donors (Lipinski definition) is 3. The van der Waals surface area contributed by atoms with Gasteiger partial charge in [-0.1, -0.05) is 0 Å². The first kappa shape index (κ1) is 11.3. The molecule has 0 saturated heterocycles. The fraction of sp³-hybridized carbons (Fsp3) is 0.100. The standard InChI is InChI=1S/C10H7N5O4/c16-7-4(3-13-10(19)14-7)15-8(17)5-6(9(15)18)12-2-1-11-5/h1-3,8,17H,(H2,13,14,16,19). The summed E-state index contributed by atoms with van der Waals surface area (Å²) in [6.07, 6.45) is 2.27. The summed E-state index contributed by atoms with van der Waals surface area (Å²) >= 11 is 0. The predicted molar refractivity (Wildman–Crippen MR) is 61.5 cm³/mol. The molecule has 0 aliphatic carbocycles. The predicted octanol–water partition coefficient (Wildman–Crippen LogP) is -1.50. The van der Waals surface area contributed by atoms with E-state index in [9.17, 15) is 19.5 Å². The third kappa shape index (κ3) is 1.56. The van der Waals surface area contributed by atoms with Gasteiger partial charge in [-0.15, -0.1) is 0 Å². The second-order valence-corrected chi connectivity index (χ2v) is 3.80. The highest BCUT2D eigenvalue weighted by Crippen LogP contribution is 2.30. The molecule has 0 spiro atoms. The van der Waals surface area contributed by atoms with E-state index in [2.05, 4.69) is 15.0 Å². The van der Waals surface area contributed by atoms with E-state index in [4.69, 9.17) is 0 Å². The number of anilines is 1. The number of carbonyl (C=O) groups is 1. The monoisotopic (exact) mass is 261 g/mol. The van der Waals surface area contributed by atoms with Crippen LogP contribution >= 0.6 is 0 Å². The van der Waals surface area contributed by atoms with Crippen LogP contribution in [0, 0.1) is 0 Å². The molecule has 2 aromatic rings. The molecule has 2 aromatic heterocycles. The van der Waals surface area contributed by atoms with E-state index in [1.54, 1.807) is 0 Å². The summed E-state index contributed by atoms with van der Waals surface area (Å²) in [4.78, 5) is 47.3. The van der Waals surface area contributed by atoms with Crippen LogP contribution in [0.2, 0.25) is 0 Å². The molecule has 1 aliphatic heterocycles. The van der Waals surface area contributed by atoms with Gasteiger partial charge in [0, 0.05) is 18.6 Å². The summed E-state index contributed by atoms with van der Waals surface area (Å²) in [5.74, 6) is -0.659. The fourth-order valence-corrected chi connectivity index (χ4v) is 1.87. The van der Waals surface area contributed by atoms with E-state index < -0.39 is 23.4 Å². The van der Waals surface area contributed by atoms with Crippen LogP contribution in [0.4, 0.5) is 5.69 Å². The number of hydrogen-bond acceptors (Lipinski definition) is 6. The third-order valence-corrected chi connectivity index (χ3v) is 2.70. The summed E-state index contributed by atoms with van der Waals surface area (Å²) < 4.78 is 0. The maximum Gasteiger partial charge on any atom is 0.325 e. The summed E-state index contributed by atoms with van der Waals surface area (Å²) in [7, 11) is 0. The van der Waals surface area contributed by atoms with Crippen LogP contribution in [0.15, 0.2) is 28.2 Å². The number of aromatic nitrogens is 4. The summed E-state index contributed by atoms with van der Waals surface area (Å²) in [6.45, 7) is 0. The highest BCUT2D eigenvalue weighted by molar-refractivity contribution is 6.08. The largest absolute Gasteiger partial charge is 0.367 e. The summed E-state index contributed by atoms with van der Waals surface area (Å²) in [5.41, 5.74) is -1.64. The molecule has 0 fully saturated rings. The molecule has 1 unspecified atom stereocenters. The van der Waals surface area contributed by atoms with Crippen molar-refractivity contribution >= 4 is 11.6 Å². The molecular weight excluding hydrogens is 254 g/mol. The zero-order valence-electron chi connectivity index (χ0n) is 9.32. The molecule has 9 heteroatoms. The van der Waals surface area contributed by atoms with Crippen LogP contribution in [-0.2, 0) is 0 Å². The van der Waals surface area contributed by atoms with Crippen LogP contribution in [0.1, 0.15) is 22.4 Å². The number of nitrogens with zero attached hydrogens (tertiary/aromatic N) is 3. The molecule has 0 bridgehead atoms. The van der Waals surface area contributed by atoms with Gasteiger partial charge in [0.2, 0.25) is 0 Å². The number of carbonyl (C=O) groups excluding carboxylic acids is 1. The molecule has 9 nitrogen and oxygen atoms in total. The first-order valence-corrected chi connectivity index (χ1v) is 5.24. The first-order valence-electron chi connectivity index (χ1n) is 5.24. The Morgan fingerprint density at radius 1 is 1.21 bits per heavy atom. The maximum atomic E-state index is 12.1. The van der Waals surface area contributed by atoms with E-state index >= 15 is 0 Å². The molecule has 3 N–H and O–H groups in total. The van der Waals surface area contributed by atoms with Crippen molar-refractivity contribution in [1.29, 1.82) is 0 Å². The zero-order valence-corrected chi connectivity index (χ0v) is 9.32. The number of rotatable bonds is 1. The molecule has 1 atom stereocenters. The van der Waals surface area contributed by atoms with Gasteiger partial charge in [-0.05, 0) is 0 Å². The molecular formula is C10H7N5O4. The molecule has 0 aromatic carbocycles. The Hall–Kier alpha value is -2.81. The lowest BCUT2D eigenvalue weighted by molar-refractivity contribution is 0.0930. The average molecular weight is 261 g/mol. The molecule has 1 amide bonds. The third-order valence-electron chi connectivity index (χ3n) is 2.70. The highest BCUT2D eigenvalue weighted by atomic mass is 16.3. The Morgan fingerprint density at radius 3 is 2.63 bits per heavy atom. The van der Waals surface area contributed by atoms with E-state index in [1.165, 1.54) is 12.4 Å². The van der Waals surface area contributed by atoms with Gasteiger partial charge in [-0.25, -0.2) is 9.78 Å². The molecule has 1 aliphatic rings. The lowest BCUT2D eigenvalue weighted by atomic mass is 10.3. The van der Waals surface area contributed by atoms with Crippen LogP contribution < -0.4 is 16.1 Å². The Balaban J connectivity index is 2.16. The van der Waals surface area contributed by atoms with Gasteiger partial charge in [-0.2, -0.15) is 0 Å². The van der Waals surface area contributed by atoms with Gasteiger partial charge in [0.15, 0.2) is 11.9 Å².